The summed E-state index contributed by atoms with van der Waals surface area (Å²) in [6.07, 6.45) is 0. The summed E-state index contributed by atoms with van der Waals surface area (Å²) in [6.45, 7) is 0.0575. The third-order valence-electron chi connectivity index (χ3n) is 0.774. The topological polar surface area (TPSA) is 49.4 Å². The van der Waals surface area contributed by atoms with Crippen molar-refractivity contribution >= 4 is 24.8 Å². The van der Waals surface area contributed by atoms with Gasteiger partial charge < -0.3 is 0 Å². The molecule has 0 aliphatic carbocycles. The van der Waals surface area contributed by atoms with Crippen molar-refractivity contribution in [3.8, 4) is 0 Å². The van der Waals surface area contributed by atoms with Crippen LogP contribution in [0.4, 0.5) is 4.79 Å². The van der Waals surface area contributed by atoms with Crippen LogP contribution in [0.5, 0.6) is 0 Å². The first-order chi connectivity index (χ1) is 3.70. The van der Waals surface area contributed by atoms with Gasteiger partial charge in [0.2, 0.25) is 5.91 Å². The molecule has 1 fully saturated rings. The van der Waals surface area contributed by atoms with Crippen molar-refractivity contribution in [1.29, 1.82) is 0 Å². The number of urea groups is 1. The fourth-order valence-electron chi connectivity index (χ4n) is 0.431. The zero-order chi connectivity index (χ0) is 6.15. The molecule has 1 aliphatic rings. The van der Waals surface area contributed by atoms with Crippen molar-refractivity contribution in [1.82, 2.24) is 9.62 Å². The molecule has 5 heteroatoms. The normalized spacial score (nSPS) is 19.4. The maximum Gasteiger partial charge on any atom is 0.334 e. The van der Waals surface area contributed by atoms with E-state index >= 15 is 0 Å². The maximum atomic E-state index is 10.3. The number of amides is 3. The van der Waals surface area contributed by atoms with Crippen LogP contribution in [0.15, 0.2) is 0 Å². The van der Waals surface area contributed by atoms with Crippen LogP contribution < -0.4 is 5.32 Å². The lowest BCUT2D eigenvalue weighted by Crippen LogP contribution is -2.21. The van der Waals surface area contributed by atoms with Crippen LogP contribution in [0.25, 0.3) is 0 Å². The minimum atomic E-state index is -0.446. The van der Waals surface area contributed by atoms with E-state index in [1.807, 2.05) is 5.32 Å². The Morgan fingerprint density at radius 2 is 2.25 bits per heavy atom. The van der Waals surface area contributed by atoms with Gasteiger partial charge in [-0.15, -0.1) is 0 Å². The van der Waals surface area contributed by atoms with Gasteiger partial charge in [0.15, 0.2) is 0 Å². The van der Waals surface area contributed by atoms with E-state index in [1.165, 1.54) is 0 Å². The highest BCUT2D eigenvalue weighted by Crippen LogP contribution is 1.98. The van der Waals surface area contributed by atoms with Gasteiger partial charge in [0.1, 0.15) is 6.54 Å². The van der Waals surface area contributed by atoms with Crippen molar-refractivity contribution in [2.45, 2.75) is 0 Å². The highest BCUT2D eigenvalue weighted by molar-refractivity contribution is 7.78. The van der Waals surface area contributed by atoms with Crippen molar-refractivity contribution in [3.05, 3.63) is 0 Å². The summed E-state index contributed by atoms with van der Waals surface area (Å²) in [5.41, 5.74) is 0. The Bertz CT molecular complexity index is 146. The molecular formula is C3H4N2O2S. The van der Waals surface area contributed by atoms with E-state index in [9.17, 15) is 9.59 Å². The average Bonchev–Trinajstić information content (AvgIpc) is 1.85. The second-order valence-corrected chi connectivity index (χ2v) is 1.89. The summed E-state index contributed by atoms with van der Waals surface area (Å²) in [6, 6.07) is -0.446. The summed E-state index contributed by atoms with van der Waals surface area (Å²) in [4.78, 5) is 20.5. The molecule has 0 atom stereocenters. The predicted octanol–water partition coefficient (Wildman–Crippen LogP) is -0.617. The minimum absolute atomic E-state index is 0.0575. The molecule has 0 aromatic rings. The maximum absolute atomic E-state index is 10.3. The molecule has 0 radical (unpaired) electrons. The lowest BCUT2D eigenvalue weighted by molar-refractivity contribution is -0.118. The van der Waals surface area contributed by atoms with E-state index < -0.39 is 6.03 Å². The lowest BCUT2D eigenvalue weighted by atomic mass is 10.7. The van der Waals surface area contributed by atoms with Crippen LogP contribution in [0.3, 0.4) is 0 Å². The lowest BCUT2D eigenvalue weighted by Gasteiger charge is -1.97. The number of hydrogen-bond donors (Lipinski definition) is 2. The largest absolute Gasteiger partial charge is 0.334 e. The molecule has 3 amide bonds. The van der Waals surface area contributed by atoms with E-state index in [-0.39, 0.29) is 12.5 Å². The molecule has 8 heavy (non-hydrogen) atoms. The molecule has 0 spiro atoms. The van der Waals surface area contributed by atoms with E-state index in [4.69, 9.17) is 0 Å². The Hall–Kier alpha value is -0.710. The van der Waals surface area contributed by atoms with Crippen LogP contribution >= 0.6 is 12.8 Å². The van der Waals surface area contributed by atoms with Gasteiger partial charge in [-0.25, -0.2) is 4.79 Å². The van der Waals surface area contributed by atoms with Gasteiger partial charge in [0.25, 0.3) is 0 Å². The standard InChI is InChI=1S/C3H4N2O2S/c6-2-1-5(8)3(7)4-2/h8H,1H2,(H,4,6,7). The van der Waals surface area contributed by atoms with Gasteiger partial charge in [0, 0.05) is 0 Å². The second kappa shape index (κ2) is 1.66. The minimum Gasteiger partial charge on any atom is -0.276 e. The molecule has 1 aliphatic heterocycles. The van der Waals surface area contributed by atoms with Crippen LogP contribution in [-0.4, -0.2) is 22.8 Å². The number of rotatable bonds is 0. The highest BCUT2D eigenvalue weighted by Gasteiger charge is 2.23. The van der Waals surface area contributed by atoms with Crippen LogP contribution in [0, 0.1) is 0 Å². The Morgan fingerprint density at radius 3 is 2.38 bits per heavy atom. The molecular weight excluding hydrogens is 128 g/mol. The van der Waals surface area contributed by atoms with Gasteiger partial charge in [-0.2, -0.15) is 0 Å². The summed E-state index contributed by atoms with van der Waals surface area (Å²) in [7, 11) is 0. The average molecular weight is 132 g/mol. The Balaban J connectivity index is 2.64. The number of imide groups is 1. The van der Waals surface area contributed by atoms with Crippen LogP contribution in [0.1, 0.15) is 0 Å². The summed E-state index contributed by atoms with van der Waals surface area (Å²) < 4.78 is 1.02. The third kappa shape index (κ3) is 0.764. The second-order valence-electron chi connectivity index (χ2n) is 1.41. The number of nitrogens with zero attached hydrogens (tertiary/aromatic N) is 1. The monoisotopic (exact) mass is 132 g/mol. The molecule has 1 heterocycles. The molecule has 4 nitrogen and oxygen atoms in total. The number of carbonyl (C=O) groups is 2. The van der Waals surface area contributed by atoms with E-state index in [0.29, 0.717) is 0 Å². The van der Waals surface area contributed by atoms with Crippen LogP contribution in [-0.2, 0) is 4.79 Å². The fraction of sp³-hybridized carbons (Fsp3) is 0.333. The molecule has 0 saturated carbocycles. The number of hydrogen-bond acceptors (Lipinski definition) is 3. The summed E-state index contributed by atoms with van der Waals surface area (Å²) in [5.74, 6) is -0.301. The van der Waals surface area contributed by atoms with E-state index in [1.54, 1.807) is 0 Å². The Labute approximate surface area is 51.4 Å². The van der Waals surface area contributed by atoms with Gasteiger partial charge in [0.05, 0.1) is 0 Å². The first-order valence-corrected chi connectivity index (χ1v) is 2.40. The molecule has 0 aromatic heterocycles. The van der Waals surface area contributed by atoms with Crippen molar-refractivity contribution in [2.24, 2.45) is 0 Å². The predicted molar refractivity (Wildman–Crippen MR) is 29.2 cm³/mol. The van der Waals surface area contributed by atoms with E-state index in [2.05, 4.69) is 12.8 Å². The fourth-order valence-corrected chi connectivity index (χ4v) is 0.610. The molecule has 44 valence electrons. The first kappa shape index (κ1) is 5.43. The molecule has 0 aromatic carbocycles. The highest BCUT2D eigenvalue weighted by atomic mass is 32.1. The SMILES string of the molecule is O=C1CN(S)C(=O)N1. The molecule has 0 bridgehead atoms. The van der Waals surface area contributed by atoms with Gasteiger partial charge in [-0.1, -0.05) is 12.8 Å². The zero-order valence-electron chi connectivity index (χ0n) is 3.92. The molecule has 1 rings (SSSR count). The van der Waals surface area contributed by atoms with Crippen molar-refractivity contribution < 1.29 is 9.59 Å². The summed E-state index contributed by atoms with van der Waals surface area (Å²) in [5, 5.41) is 2.04. The molecule has 1 N–H and O–H groups in total. The smallest absolute Gasteiger partial charge is 0.276 e. The number of thiol groups is 1. The van der Waals surface area contributed by atoms with E-state index in [0.717, 1.165) is 4.31 Å². The molecule has 1 saturated heterocycles. The van der Waals surface area contributed by atoms with Gasteiger partial charge in [-0.05, 0) is 0 Å². The van der Waals surface area contributed by atoms with Crippen LogP contribution in [0.2, 0.25) is 0 Å². The summed E-state index contributed by atoms with van der Waals surface area (Å²) >= 11 is 3.65. The number of nitrogens with one attached hydrogen (secondary N) is 1. The third-order valence-corrected chi connectivity index (χ3v) is 1.10. The van der Waals surface area contributed by atoms with Crippen molar-refractivity contribution in [2.75, 3.05) is 6.54 Å². The number of carbonyl (C=O) groups excluding carboxylic acids is 2. The Morgan fingerprint density at radius 1 is 1.62 bits per heavy atom. The quantitative estimate of drug-likeness (QED) is 0.341. The molecule has 0 unspecified atom stereocenters. The first-order valence-electron chi connectivity index (χ1n) is 2.00. The van der Waals surface area contributed by atoms with Gasteiger partial charge >= 0.3 is 6.03 Å². The van der Waals surface area contributed by atoms with Gasteiger partial charge in [-0.3, -0.25) is 14.4 Å². The van der Waals surface area contributed by atoms with Crippen molar-refractivity contribution in [3.63, 3.8) is 0 Å². The Kier molecular flexibility index (Phi) is 1.13. The zero-order valence-corrected chi connectivity index (χ0v) is 4.81.